The molecule has 0 atom stereocenters. The Morgan fingerprint density at radius 3 is 2.31 bits per heavy atom. The lowest BCUT2D eigenvalue weighted by Crippen LogP contribution is -2.49. The number of hydrogen-bond donors (Lipinski definition) is 1. The number of aryl methyl sites for hydroxylation is 1. The first-order valence-corrected chi connectivity index (χ1v) is 12.1. The van der Waals surface area contributed by atoms with Crippen LogP contribution in [0.15, 0.2) is 60.7 Å². The van der Waals surface area contributed by atoms with Gasteiger partial charge in [-0.3, -0.25) is 0 Å². The van der Waals surface area contributed by atoms with Gasteiger partial charge in [0.1, 0.15) is 11.6 Å². The number of anilines is 3. The molecule has 1 N–H and O–H groups in total. The molecule has 1 fully saturated rings. The maximum atomic E-state index is 12.8. The van der Waals surface area contributed by atoms with Gasteiger partial charge in [-0.05, 0) is 36.8 Å². The summed E-state index contributed by atoms with van der Waals surface area (Å²) in [6.45, 7) is 3.82. The smallest absolute Gasteiger partial charge is 0.227 e. The highest BCUT2D eigenvalue weighted by Crippen LogP contribution is 2.22. The molecular formula is C23H27N5O3S. The molecule has 1 aromatic heterocycles. The maximum Gasteiger partial charge on any atom is 0.227 e. The average Bonchev–Trinajstić information content (AvgIpc) is 2.80. The topological polar surface area (TPSA) is 87.7 Å². The second-order valence-electron chi connectivity index (χ2n) is 7.68. The van der Waals surface area contributed by atoms with Crippen molar-refractivity contribution in [2.24, 2.45) is 0 Å². The molecular weight excluding hydrogens is 426 g/mol. The largest absolute Gasteiger partial charge is 0.497 e. The van der Waals surface area contributed by atoms with Crippen LogP contribution in [0, 0.1) is 6.92 Å². The predicted octanol–water partition coefficient (Wildman–Crippen LogP) is 3.19. The van der Waals surface area contributed by atoms with Gasteiger partial charge in [0.05, 0.1) is 12.9 Å². The first-order chi connectivity index (χ1) is 15.4. The Morgan fingerprint density at radius 1 is 0.969 bits per heavy atom. The number of hydrogen-bond acceptors (Lipinski definition) is 7. The van der Waals surface area contributed by atoms with Gasteiger partial charge in [-0.15, -0.1) is 0 Å². The van der Waals surface area contributed by atoms with Crippen molar-refractivity contribution in [2.45, 2.75) is 12.7 Å². The molecule has 168 valence electrons. The van der Waals surface area contributed by atoms with E-state index < -0.39 is 10.0 Å². The molecule has 2 heterocycles. The molecule has 0 amide bonds. The molecule has 9 heteroatoms. The lowest BCUT2D eigenvalue weighted by Gasteiger charge is -2.34. The second-order valence-corrected chi connectivity index (χ2v) is 9.64. The second kappa shape index (κ2) is 9.54. The van der Waals surface area contributed by atoms with Crippen molar-refractivity contribution in [1.29, 1.82) is 0 Å². The fourth-order valence-corrected chi connectivity index (χ4v) is 5.14. The molecule has 4 rings (SSSR count). The summed E-state index contributed by atoms with van der Waals surface area (Å²) in [7, 11) is -1.73. The molecule has 1 aliphatic heterocycles. The maximum absolute atomic E-state index is 12.8. The van der Waals surface area contributed by atoms with Crippen LogP contribution in [-0.4, -0.2) is 56.0 Å². The fourth-order valence-electron chi connectivity index (χ4n) is 3.62. The van der Waals surface area contributed by atoms with Crippen molar-refractivity contribution in [3.05, 3.63) is 71.9 Å². The molecule has 0 spiro atoms. The summed E-state index contributed by atoms with van der Waals surface area (Å²) in [5.41, 5.74) is 2.53. The van der Waals surface area contributed by atoms with Crippen LogP contribution in [0.25, 0.3) is 0 Å². The number of nitrogens with zero attached hydrogens (tertiary/aromatic N) is 4. The van der Waals surface area contributed by atoms with E-state index in [-0.39, 0.29) is 5.75 Å². The van der Waals surface area contributed by atoms with E-state index in [1.54, 1.807) is 11.4 Å². The highest BCUT2D eigenvalue weighted by Gasteiger charge is 2.28. The number of nitrogens with one attached hydrogen (secondary N) is 1. The van der Waals surface area contributed by atoms with Crippen LogP contribution in [-0.2, 0) is 15.8 Å². The summed E-state index contributed by atoms with van der Waals surface area (Å²) in [4.78, 5) is 11.3. The van der Waals surface area contributed by atoms with Crippen molar-refractivity contribution in [3.63, 3.8) is 0 Å². The van der Waals surface area contributed by atoms with E-state index in [0.717, 1.165) is 22.7 Å². The number of methoxy groups -OCH3 is 1. The zero-order valence-corrected chi connectivity index (χ0v) is 19.0. The van der Waals surface area contributed by atoms with Gasteiger partial charge in [-0.2, -0.15) is 9.29 Å². The Bertz CT molecular complexity index is 1150. The van der Waals surface area contributed by atoms with Gasteiger partial charge >= 0.3 is 0 Å². The van der Waals surface area contributed by atoms with Crippen molar-refractivity contribution >= 4 is 27.5 Å². The van der Waals surface area contributed by atoms with Gasteiger partial charge in [-0.25, -0.2) is 13.4 Å². The van der Waals surface area contributed by atoms with Gasteiger partial charge in [0.25, 0.3) is 0 Å². The summed E-state index contributed by atoms with van der Waals surface area (Å²) in [6, 6.07) is 18.8. The number of piperazine rings is 1. The normalized spacial score (nSPS) is 14.9. The van der Waals surface area contributed by atoms with Gasteiger partial charge in [0, 0.05) is 43.6 Å². The summed E-state index contributed by atoms with van der Waals surface area (Å²) in [5.74, 6) is 2.10. The third-order valence-electron chi connectivity index (χ3n) is 5.31. The minimum Gasteiger partial charge on any atom is -0.497 e. The molecule has 0 saturated carbocycles. The molecule has 2 aromatic carbocycles. The third kappa shape index (κ3) is 5.35. The molecule has 0 aliphatic carbocycles. The van der Waals surface area contributed by atoms with Crippen molar-refractivity contribution in [3.8, 4) is 5.75 Å². The SMILES string of the molecule is COc1ccc(Nc2cc(C)nc(N3CCN(S(=O)(=O)Cc4ccccc4)CC3)n2)cc1. The first-order valence-electron chi connectivity index (χ1n) is 10.5. The zero-order chi connectivity index (χ0) is 22.6. The number of rotatable bonds is 7. The van der Waals surface area contributed by atoms with Crippen molar-refractivity contribution < 1.29 is 13.2 Å². The first kappa shape index (κ1) is 22.0. The van der Waals surface area contributed by atoms with Gasteiger partial charge in [0.15, 0.2) is 0 Å². The average molecular weight is 454 g/mol. The van der Waals surface area contributed by atoms with Crippen LogP contribution in [0.1, 0.15) is 11.3 Å². The Morgan fingerprint density at radius 2 is 1.66 bits per heavy atom. The summed E-state index contributed by atoms with van der Waals surface area (Å²) >= 11 is 0. The van der Waals surface area contributed by atoms with E-state index in [4.69, 9.17) is 4.74 Å². The van der Waals surface area contributed by atoms with Gasteiger partial charge in [-0.1, -0.05) is 30.3 Å². The van der Waals surface area contributed by atoms with Crippen LogP contribution in [0.4, 0.5) is 17.5 Å². The van der Waals surface area contributed by atoms with Crippen LogP contribution < -0.4 is 15.0 Å². The lowest BCUT2D eigenvalue weighted by atomic mass is 10.2. The van der Waals surface area contributed by atoms with E-state index in [1.807, 2.05) is 72.5 Å². The minimum absolute atomic E-state index is 0.0186. The van der Waals surface area contributed by atoms with Crippen molar-refractivity contribution in [2.75, 3.05) is 43.5 Å². The van der Waals surface area contributed by atoms with Gasteiger partial charge in [0.2, 0.25) is 16.0 Å². The van der Waals surface area contributed by atoms with Crippen LogP contribution >= 0.6 is 0 Å². The number of benzene rings is 2. The summed E-state index contributed by atoms with van der Waals surface area (Å²) < 4.78 is 32.4. The van der Waals surface area contributed by atoms with Crippen LogP contribution in [0.3, 0.4) is 0 Å². The molecule has 0 radical (unpaired) electrons. The minimum atomic E-state index is -3.36. The molecule has 8 nitrogen and oxygen atoms in total. The van der Waals surface area contributed by atoms with E-state index in [0.29, 0.717) is 37.9 Å². The van der Waals surface area contributed by atoms with Crippen LogP contribution in [0.5, 0.6) is 5.75 Å². The standard InChI is InChI=1S/C23H27N5O3S/c1-18-16-22(25-20-8-10-21(31-2)11-9-20)26-23(24-18)27-12-14-28(15-13-27)32(29,30)17-19-6-4-3-5-7-19/h3-11,16H,12-15,17H2,1-2H3,(H,24,25,26). The van der Waals surface area contributed by atoms with E-state index in [1.165, 1.54) is 0 Å². The quantitative estimate of drug-likeness (QED) is 0.588. The van der Waals surface area contributed by atoms with Gasteiger partial charge < -0.3 is 15.0 Å². The lowest BCUT2D eigenvalue weighted by molar-refractivity contribution is 0.382. The van der Waals surface area contributed by atoms with E-state index in [2.05, 4.69) is 15.3 Å². The summed E-state index contributed by atoms with van der Waals surface area (Å²) in [6.07, 6.45) is 0. The monoisotopic (exact) mass is 453 g/mol. The van der Waals surface area contributed by atoms with E-state index >= 15 is 0 Å². The number of aromatic nitrogens is 2. The molecule has 0 unspecified atom stereocenters. The van der Waals surface area contributed by atoms with E-state index in [9.17, 15) is 8.42 Å². The summed E-state index contributed by atoms with van der Waals surface area (Å²) in [5, 5.41) is 3.30. The Labute approximate surface area is 188 Å². The molecule has 3 aromatic rings. The molecule has 0 bridgehead atoms. The highest BCUT2D eigenvalue weighted by atomic mass is 32.2. The van der Waals surface area contributed by atoms with Crippen molar-refractivity contribution in [1.82, 2.24) is 14.3 Å². The number of ether oxygens (including phenoxy) is 1. The Hall–Kier alpha value is -3.17. The Kier molecular flexibility index (Phi) is 6.57. The predicted molar refractivity (Wildman–Crippen MR) is 126 cm³/mol. The molecule has 1 saturated heterocycles. The fraction of sp³-hybridized carbons (Fsp3) is 0.304. The zero-order valence-electron chi connectivity index (χ0n) is 18.2. The third-order valence-corrected chi connectivity index (χ3v) is 7.16. The number of sulfonamides is 1. The Balaban J connectivity index is 1.41. The van der Waals surface area contributed by atoms with Crippen LogP contribution in [0.2, 0.25) is 0 Å². The highest BCUT2D eigenvalue weighted by molar-refractivity contribution is 7.88. The molecule has 32 heavy (non-hydrogen) atoms. The molecule has 1 aliphatic rings.